The quantitative estimate of drug-likeness (QED) is 0.0556. The third-order valence-corrected chi connectivity index (χ3v) is 10.9. The number of methoxy groups -OCH3 is 1. The Bertz CT molecular complexity index is 1920. The fourth-order valence-corrected chi connectivity index (χ4v) is 8.13. The van der Waals surface area contributed by atoms with E-state index in [1.807, 2.05) is 49.2 Å². The largest absolute Gasteiger partial charge is 0.493 e. The van der Waals surface area contributed by atoms with E-state index in [9.17, 15) is 9.59 Å². The number of rotatable bonds is 11. The third kappa shape index (κ3) is 7.25. The Morgan fingerprint density at radius 1 is 1.02 bits per heavy atom. The van der Waals surface area contributed by atoms with Crippen molar-refractivity contribution in [1.29, 1.82) is 0 Å². The minimum Gasteiger partial charge on any atom is -0.493 e. The molecule has 5 atom stereocenters. The second kappa shape index (κ2) is 15.3. The number of alkyl halides is 1. The van der Waals surface area contributed by atoms with Crippen molar-refractivity contribution >= 4 is 57.3 Å². The van der Waals surface area contributed by atoms with Gasteiger partial charge >= 0.3 is 0 Å². The first-order valence-electron chi connectivity index (χ1n) is 17.8. The van der Waals surface area contributed by atoms with Crippen LogP contribution in [0.1, 0.15) is 79.9 Å². The molecule has 0 saturated carbocycles. The Balaban J connectivity index is 1.21. The summed E-state index contributed by atoms with van der Waals surface area (Å²) in [5, 5.41) is 2.02. The van der Waals surface area contributed by atoms with Crippen molar-refractivity contribution in [3.63, 3.8) is 0 Å². The molecule has 0 fully saturated rings. The van der Waals surface area contributed by atoms with Crippen molar-refractivity contribution in [2.24, 2.45) is 22.7 Å². The zero-order valence-corrected chi connectivity index (χ0v) is 30.5. The van der Waals surface area contributed by atoms with Crippen molar-refractivity contribution < 1.29 is 19.1 Å². The third-order valence-electron chi connectivity index (χ3n) is 10.5. The maximum atomic E-state index is 14.0. The molecule has 0 saturated heterocycles. The number of Topliss-reactive ketones (excluding diaryl/α,β-unsaturated/α-hetero) is 1. The predicted molar refractivity (Wildman–Crippen MR) is 205 cm³/mol. The van der Waals surface area contributed by atoms with Crippen molar-refractivity contribution in [1.82, 2.24) is 0 Å². The van der Waals surface area contributed by atoms with Crippen LogP contribution in [0.2, 0.25) is 0 Å². The van der Waals surface area contributed by atoms with Gasteiger partial charge in [0.2, 0.25) is 5.91 Å². The summed E-state index contributed by atoms with van der Waals surface area (Å²) in [7, 11) is 1.56. The van der Waals surface area contributed by atoms with Gasteiger partial charge in [-0.1, -0.05) is 68.8 Å². The standard InChI is InChI=1S/C42H48ClN3O4/c1-6-28-16-29(18-31-12-8-7-11-30(31)17-28)23-45-37-21-40(39(49-5)19-35(37)27(4)47)50-26(3)15-25(2)42(48)46-24-32(22-43)41-34-14-10-9-13-33(34)36(44)20-38(41)46/h7-14,19-21,23,25-26,28-29,32H,6,15-18,22,24,44H2,1-5H3/b45-23-/t25?,26-,28?,29-,32?/m0/s1. The van der Waals surface area contributed by atoms with Crippen molar-refractivity contribution in [2.75, 3.05) is 30.2 Å². The summed E-state index contributed by atoms with van der Waals surface area (Å²) >= 11 is 6.45. The molecule has 3 unspecified atom stereocenters. The van der Waals surface area contributed by atoms with E-state index >= 15 is 0 Å². The van der Waals surface area contributed by atoms with Crippen LogP contribution >= 0.6 is 11.6 Å². The average Bonchev–Trinajstić information content (AvgIpc) is 3.37. The number of nitrogens with zero attached hydrogens (tertiary/aromatic N) is 2. The number of fused-ring (bicyclic) bond motifs is 4. The molecule has 262 valence electrons. The van der Waals surface area contributed by atoms with Gasteiger partial charge in [0.15, 0.2) is 17.3 Å². The summed E-state index contributed by atoms with van der Waals surface area (Å²) < 4.78 is 12.1. The number of aliphatic imine (C=N–C) groups is 1. The maximum absolute atomic E-state index is 14.0. The lowest BCUT2D eigenvalue weighted by Gasteiger charge is -2.25. The van der Waals surface area contributed by atoms with Crippen LogP contribution < -0.4 is 20.1 Å². The highest BCUT2D eigenvalue weighted by Gasteiger charge is 2.36. The van der Waals surface area contributed by atoms with Crippen LogP contribution in [0, 0.1) is 17.8 Å². The van der Waals surface area contributed by atoms with Crippen molar-refractivity contribution in [3.8, 4) is 11.5 Å². The number of ketones is 1. The van der Waals surface area contributed by atoms with Crippen LogP contribution in [0.4, 0.5) is 17.1 Å². The number of carbonyl (C=O) groups is 2. The molecule has 8 heteroatoms. The Morgan fingerprint density at radius 3 is 2.40 bits per heavy atom. The van der Waals surface area contributed by atoms with Gasteiger partial charge in [0.1, 0.15) is 0 Å². The lowest BCUT2D eigenvalue weighted by molar-refractivity contribution is -0.122. The van der Waals surface area contributed by atoms with Gasteiger partial charge in [0.25, 0.3) is 0 Å². The molecule has 4 aromatic rings. The van der Waals surface area contributed by atoms with E-state index in [2.05, 4.69) is 37.3 Å². The summed E-state index contributed by atoms with van der Waals surface area (Å²) in [5.74, 6) is 1.77. The van der Waals surface area contributed by atoms with Crippen LogP contribution in [0.15, 0.2) is 71.7 Å². The monoisotopic (exact) mass is 693 g/mol. The van der Waals surface area contributed by atoms with Crippen LogP contribution in [0.5, 0.6) is 11.5 Å². The smallest absolute Gasteiger partial charge is 0.229 e. The van der Waals surface area contributed by atoms with E-state index in [1.54, 1.807) is 26.2 Å². The lowest BCUT2D eigenvalue weighted by atomic mass is 9.91. The number of benzene rings is 4. The molecule has 0 bridgehead atoms. The summed E-state index contributed by atoms with van der Waals surface area (Å²) in [6.07, 6.45) is 6.31. The number of hydrogen-bond donors (Lipinski definition) is 1. The van der Waals surface area contributed by atoms with E-state index in [1.165, 1.54) is 11.1 Å². The number of anilines is 2. The number of halogens is 1. The number of hydrogen-bond acceptors (Lipinski definition) is 6. The molecule has 1 aliphatic heterocycles. The average molecular weight is 694 g/mol. The van der Waals surface area contributed by atoms with Gasteiger partial charge in [0.05, 0.1) is 18.9 Å². The minimum absolute atomic E-state index is 0.00327. The van der Waals surface area contributed by atoms with Gasteiger partial charge in [-0.3, -0.25) is 14.6 Å². The lowest BCUT2D eigenvalue weighted by Crippen LogP contribution is -2.36. The summed E-state index contributed by atoms with van der Waals surface area (Å²) in [4.78, 5) is 33.5. The Kier molecular flexibility index (Phi) is 10.8. The van der Waals surface area contributed by atoms with Crippen molar-refractivity contribution in [3.05, 3.63) is 89.0 Å². The van der Waals surface area contributed by atoms with Gasteiger partial charge in [-0.05, 0) is 85.6 Å². The molecule has 1 amide bonds. The number of nitrogen functional groups attached to an aromatic ring is 1. The summed E-state index contributed by atoms with van der Waals surface area (Å²) in [5.41, 5.74) is 12.9. The molecule has 50 heavy (non-hydrogen) atoms. The second-order valence-electron chi connectivity index (χ2n) is 14.1. The maximum Gasteiger partial charge on any atom is 0.229 e. The van der Waals surface area contributed by atoms with Gasteiger partial charge in [-0.2, -0.15) is 0 Å². The number of ether oxygens (including phenoxy) is 2. The molecule has 1 aliphatic carbocycles. The molecular formula is C42H48ClN3O4. The number of nitrogens with two attached hydrogens (primary N) is 1. The second-order valence-corrected chi connectivity index (χ2v) is 14.4. The van der Waals surface area contributed by atoms with Crippen LogP contribution in [0.25, 0.3) is 10.8 Å². The highest BCUT2D eigenvalue weighted by molar-refractivity contribution is 6.19. The molecule has 7 nitrogen and oxygen atoms in total. The van der Waals surface area contributed by atoms with E-state index in [0.29, 0.717) is 53.2 Å². The Morgan fingerprint density at radius 2 is 1.72 bits per heavy atom. The molecule has 0 aromatic heterocycles. The molecule has 0 spiro atoms. The molecule has 1 heterocycles. The van der Waals surface area contributed by atoms with Gasteiger partial charge in [-0.25, -0.2) is 0 Å². The molecule has 2 N–H and O–H groups in total. The van der Waals surface area contributed by atoms with Crippen LogP contribution in [0.3, 0.4) is 0 Å². The zero-order chi connectivity index (χ0) is 35.5. The van der Waals surface area contributed by atoms with Gasteiger partial charge < -0.3 is 20.1 Å². The molecule has 0 radical (unpaired) electrons. The van der Waals surface area contributed by atoms with Gasteiger partial charge in [-0.15, -0.1) is 11.6 Å². The highest BCUT2D eigenvalue weighted by atomic mass is 35.5. The normalized spacial score (nSPS) is 19.9. The van der Waals surface area contributed by atoms with E-state index in [-0.39, 0.29) is 35.5 Å². The topological polar surface area (TPSA) is 94.2 Å². The number of carbonyl (C=O) groups excluding carboxylic acids is 2. The SMILES string of the molecule is CCC1Cc2ccccc2C[C@@H](/C=N\c2cc(O[C@@H](C)CC(C)C(=O)N3CC(CCl)c4c3cc(N)c3ccccc43)c(OC)cc2C(C)=O)C1. The molecular weight excluding hydrogens is 646 g/mol. The minimum atomic E-state index is -0.343. The summed E-state index contributed by atoms with van der Waals surface area (Å²) in [6.45, 7) is 8.19. The van der Waals surface area contributed by atoms with Crippen LogP contribution in [-0.2, 0) is 17.6 Å². The van der Waals surface area contributed by atoms with Gasteiger partial charge in [0, 0.05) is 58.9 Å². The predicted octanol–water partition coefficient (Wildman–Crippen LogP) is 9.33. The molecule has 2 aliphatic rings. The summed E-state index contributed by atoms with van der Waals surface area (Å²) in [6, 6.07) is 22.1. The fraction of sp³-hybridized carbons (Fsp3) is 0.405. The fourth-order valence-electron chi connectivity index (χ4n) is 7.88. The first-order chi connectivity index (χ1) is 24.1. The van der Waals surface area contributed by atoms with E-state index in [4.69, 9.17) is 31.8 Å². The van der Waals surface area contributed by atoms with E-state index in [0.717, 1.165) is 47.7 Å². The Labute approximate surface area is 300 Å². The highest BCUT2D eigenvalue weighted by Crippen LogP contribution is 2.45. The zero-order valence-electron chi connectivity index (χ0n) is 29.7. The first kappa shape index (κ1) is 35.5. The Hall–Kier alpha value is -4.36. The first-order valence-corrected chi connectivity index (χ1v) is 18.3. The number of amides is 1. The molecule has 6 rings (SSSR count). The van der Waals surface area contributed by atoms with E-state index < -0.39 is 0 Å². The molecule has 4 aromatic carbocycles. The van der Waals surface area contributed by atoms with Crippen molar-refractivity contribution in [2.45, 2.75) is 71.8 Å². The van der Waals surface area contributed by atoms with Crippen LogP contribution in [-0.4, -0.2) is 43.5 Å².